The lowest BCUT2D eigenvalue weighted by molar-refractivity contribution is -0.137. The van der Waals surface area contributed by atoms with Crippen LogP contribution >= 0.6 is 15.9 Å². The summed E-state index contributed by atoms with van der Waals surface area (Å²) in [6.45, 7) is 0.278. The van der Waals surface area contributed by atoms with Gasteiger partial charge in [-0.1, -0.05) is 28.1 Å². The zero-order valence-corrected chi connectivity index (χ0v) is 14.6. The second-order valence-electron chi connectivity index (χ2n) is 5.38. The van der Waals surface area contributed by atoms with Gasteiger partial charge in [0.1, 0.15) is 0 Å². The summed E-state index contributed by atoms with van der Waals surface area (Å²) in [6.07, 6.45) is -2.83. The van der Waals surface area contributed by atoms with Crippen LogP contribution in [0.5, 0.6) is 0 Å². The molecule has 0 aliphatic rings. The molecule has 0 aliphatic heterocycles. The average Bonchev–Trinajstić information content (AvgIpc) is 2.95. The summed E-state index contributed by atoms with van der Waals surface area (Å²) in [7, 11) is 1.28. The van der Waals surface area contributed by atoms with E-state index in [9.17, 15) is 18.0 Å². The number of fused-ring (bicyclic) bond motifs is 1. The number of alkyl halides is 3. The van der Waals surface area contributed by atoms with E-state index < -0.39 is 17.7 Å². The summed E-state index contributed by atoms with van der Waals surface area (Å²) >= 11 is 3.32. The Balaban J connectivity index is 2.01. The third-order valence-electron chi connectivity index (χ3n) is 3.72. The van der Waals surface area contributed by atoms with Crippen LogP contribution in [-0.2, 0) is 17.5 Å². The highest BCUT2D eigenvalue weighted by Crippen LogP contribution is 2.30. The van der Waals surface area contributed by atoms with Crippen LogP contribution in [0.4, 0.5) is 13.2 Å². The Labute approximate surface area is 149 Å². The van der Waals surface area contributed by atoms with Crippen molar-refractivity contribution in [1.82, 2.24) is 9.55 Å². The number of hydrogen-bond donors (Lipinski definition) is 0. The first-order chi connectivity index (χ1) is 11.8. The van der Waals surface area contributed by atoms with Crippen molar-refractivity contribution in [3.8, 4) is 0 Å². The van der Waals surface area contributed by atoms with Gasteiger partial charge in [0.05, 0.1) is 35.6 Å². The standard InChI is InChI=1S/C17H12BrF3N2O2/c1-25-16(24)13-6-12(18)7-14-15(13)23(9-22-14)8-10-2-4-11(5-3-10)17(19,20)21/h2-7,9H,8H2,1H3. The van der Waals surface area contributed by atoms with Crippen LogP contribution in [0, 0.1) is 0 Å². The number of rotatable bonds is 3. The summed E-state index contributed by atoms with van der Waals surface area (Å²) in [5, 5.41) is 0. The molecule has 8 heteroatoms. The Morgan fingerprint density at radius 1 is 1.24 bits per heavy atom. The number of benzene rings is 2. The van der Waals surface area contributed by atoms with E-state index in [4.69, 9.17) is 4.74 Å². The van der Waals surface area contributed by atoms with Crippen LogP contribution in [0.15, 0.2) is 47.2 Å². The van der Waals surface area contributed by atoms with Gasteiger partial charge in [-0.25, -0.2) is 9.78 Å². The highest BCUT2D eigenvalue weighted by molar-refractivity contribution is 9.10. The molecule has 0 saturated carbocycles. The minimum Gasteiger partial charge on any atom is -0.465 e. The van der Waals surface area contributed by atoms with Gasteiger partial charge in [0.25, 0.3) is 0 Å². The molecule has 0 saturated heterocycles. The minimum atomic E-state index is -4.37. The van der Waals surface area contributed by atoms with Gasteiger partial charge in [-0.05, 0) is 29.8 Å². The third kappa shape index (κ3) is 3.53. The van der Waals surface area contributed by atoms with Gasteiger partial charge in [0, 0.05) is 11.0 Å². The van der Waals surface area contributed by atoms with Crippen molar-refractivity contribution >= 4 is 32.9 Å². The van der Waals surface area contributed by atoms with Crippen LogP contribution in [-0.4, -0.2) is 22.6 Å². The largest absolute Gasteiger partial charge is 0.465 e. The smallest absolute Gasteiger partial charge is 0.416 e. The molecule has 0 radical (unpaired) electrons. The molecule has 0 aliphatic carbocycles. The van der Waals surface area contributed by atoms with Crippen molar-refractivity contribution in [3.63, 3.8) is 0 Å². The van der Waals surface area contributed by atoms with E-state index in [1.165, 1.54) is 19.2 Å². The number of ether oxygens (including phenoxy) is 1. The maximum atomic E-state index is 12.7. The third-order valence-corrected chi connectivity index (χ3v) is 4.18. The summed E-state index contributed by atoms with van der Waals surface area (Å²) in [6, 6.07) is 8.26. The number of methoxy groups -OCH3 is 1. The molecule has 0 amide bonds. The summed E-state index contributed by atoms with van der Waals surface area (Å²) < 4.78 is 45.1. The molecule has 1 heterocycles. The Morgan fingerprint density at radius 2 is 1.92 bits per heavy atom. The molecule has 0 fully saturated rings. The molecule has 0 spiro atoms. The van der Waals surface area contributed by atoms with Gasteiger partial charge in [0.2, 0.25) is 0 Å². The van der Waals surface area contributed by atoms with E-state index in [0.29, 0.717) is 26.6 Å². The molecule has 3 aromatic rings. The number of carbonyl (C=O) groups excluding carboxylic acids is 1. The predicted molar refractivity (Wildman–Crippen MR) is 89.3 cm³/mol. The Hall–Kier alpha value is -2.35. The fourth-order valence-corrected chi connectivity index (χ4v) is 3.00. The molecule has 4 nitrogen and oxygen atoms in total. The lowest BCUT2D eigenvalue weighted by atomic mass is 10.1. The SMILES string of the molecule is COC(=O)c1cc(Br)cc2ncn(Cc3ccc(C(F)(F)F)cc3)c12. The number of halogens is 4. The van der Waals surface area contributed by atoms with E-state index in [-0.39, 0.29) is 6.54 Å². The van der Waals surface area contributed by atoms with Crippen molar-refractivity contribution in [2.45, 2.75) is 12.7 Å². The maximum absolute atomic E-state index is 12.7. The predicted octanol–water partition coefficient (Wildman–Crippen LogP) is 4.65. The molecule has 130 valence electrons. The molecule has 0 N–H and O–H groups in total. The van der Waals surface area contributed by atoms with E-state index in [2.05, 4.69) is 20.9 Å². The Bertz CT molecular complexity index is 933. The van der Waals surface area contributed by atoms with Gasteiger partial charge < -0.3 is 9.30 Å². The summed E-state index contributed by atoms with van der Waals surface area (Å²) in [4.78, 5) is 16.3. The van der Waals surface area contributed by atoms with E-state index >= 15 is 0 Å². The van der Waals surface area contributed by atoms with Crippen LogP contribution in [0.25, 0.3) is 11.0 Å². The molecule has 0 bridgehead atoms. The Morgan fingerprint density at radius 3 is 2.52 bits per heavy atom. The van der Waals surface area contributed by atoms with Crippen molar-refractivity contribution in [2.24, 2.45) is 0 Å². The van der Waals surface area contributed by atoms with E-state index in [1.54, 1.807) is 23.0 Å². The molecule has 0 unspecified atom stereocenters. The number of nitrogens with zero attached hydrogens (tertiary/aromatic N) is 2. The minimum absolute atomic E-state index is 0.278. The van der Waals surface area contributed by atoms with Gasteiger partial charge in [-0.3, -0.25) is 0 Å². The number of imidazole rings is 1. The van der Waals surface area contributed by atoms with Crippen molar-refractivity contribution in [2.75, 3.05) is 7.11 Å². The highest BCUT2D eigenvalue weighted by Gasteiger charge is 2.29. The summed E-state index contributed by atoms with van der Waals surface area (Å²) in [5.41, 5.74) is 1.44. The molecule has 1 aromatic heterocycles. The zero-order chi connectivity index (χ0) is 18.2. The Kier molecular flexibility index (Phi) is 4.55. The molecule has 2 aromatic carbocycles. The van der Waals surface area contributed by atoms with Gasteiger partial charge in [-0.2, -0.15) is 13.2 Å². The number of hydrogen-bond acceptors (Lipinski definition) is 3. The van der Waals surface area contributed by atoms with Gasteiger partial charge >= 0.3 is 12.1 Å². The summed E-state index contributed by atoms with van der Waals surface area (Å²) in [5.74, 6) is -0.513. The first kappa shape index (κ1) is 17.5. The normalized spacial score (nSPS) is 11.7. The van der Waals surface area contributed by atoms with Crippen LogP contribution in [0.1, 0.15) is 21.5 Å². The van der Waals surface area contributed by atoms with Gasteiger partial charge in [0.15, 0.2) is 0 Å². The second kappa shape index (κ2) is 6.51. The fourth-order valence-electron chi connectivity index (χ4n) is 2.56. The average molecular weight is 413 g/mol. The molecular weight excluding hydrogens is 401 g/mol. The number of aromatic nitrogens is 2. The lowest BCUT2D eigenvalue weighted by Crippen LogP contribution is -2.07. The molecule has 3 rings (SSSR count). The second-order valence-corrected chi connectivity index (χ2v) is 6.30. The van der Waals surface area contributed by atoms with Crippen molar-refractivity contribution < 1.29 is 22.7 Å². The first-order valence-corrected chi connectivity index (χ1v) is 7.97. The monoisotopic (exact) mass is 412 g/mol. The number of carbonyl (C=O) groups is 1. The quantitative estimate of drug-likeness (QED) is 0.588. The van der Waals surface area contributed by atoms with Crippen molar-refractivity contribution in [3.05, 3.63) is 63.9 Å². The molecule has 0 atom stereocenters. The molecular formula is C17H12BrF3N2O2. The van der Waals surface area contributed by atoms with Crippen molar-refractivity contribution in [1.29, 1.82) is 0 Å². The van der Waals surface area contributed by atoms with Crippen LogP contribution < -0.4 is 0 Å². The highest BCUT2D eigenvalue weighted by atomic mass is 79.9. The topological polar surface area (TPSA) is 44.1 Å². The zero-order valence-electron chi connectivity index (χ0n) is 13.0. The lowest BCUT2D eigenvalue weighted by Gasteiger charge is -2.10. The molecule has 25 heavy (non-hydrogen) atoms. The van der Waals surface area contributed by atoms with E-state index in [1.807, 2.05) is 0 Å². The van der Waals surface area contributed by atoms with Crippen LogP contribution in [0.2, 0.25) is 0 Å². The maximum Gasteiger partial charge on any atom is 0.416 e. The number of esters is 1. The van der Waals surface area contributed by atoms with Crippen LogP contribution in [0.3, 0.4) is 0 Å². The first-order valence-electron chi connectivity index (χ1n) is 7.18. The fraction of sp³-hybridized carbons (Fsp3) is 0.176. The van der Waals surface area contributed by atoms with E-state index in [0.717, 1.165) is 12.1 Å². The van der Waals surface area contributed by atoms with Gasteiger partial charge in [-0.15, -0.1) is 0 Å².